The van der Waals surface area contributed by atoms with Gasteiger partial charge in [-0.05, 0) is 98.2 Å². The average Bonchev–Trinajstić information content (AvgIpc) is 4.13. The topological polar surface area (TPSA) is 284 Å². The van der Waals surface area contributed by atoms with Gasteiger partial charge in [-0.2, -0.15) is 10.4 Å². The van der Waals surface area contributed by atoms with Gasteiger partial charge < -0.3 is 65.8 Å². The molecular formula is C57H75FN12O10. The van der Waals surface area contributed by atoms with Crippen molar-refractivity contribution in [3.8, 4) is 22.9 Å². The molecule has 4 atom stereocenters. The highest BCUT2D eigenvalue weighted by atomic mass is 19.1. The summed E-state index contributed by atoms with van der Waals surface area (Å²) in [5.74, 6) is -1.34. The lowest BCUT2D eigenvalue weighted by atomic mass is 9.84. The van der Waals surface area contributed by atoms with E-state index in [-0.39, 0.29) is 106 Å². The summed E-state index contributed by atoms with van der Waals surface area (Å²) in [5, 5.41) is 24.1. The first-order valence-corrected chi connectivity index (χ1v) is 27.5. The van der Waals surface area contributed by atoms with Crippen LogP contribution in [0.2, 0.25) is 0 Å². The highest BCUT2D eigenvalue weighted by Gasteiger charge is 2.43. The molecule has 1 aliphatic carbocycles. The number of ether oxygens (including phenoxy) is 5. The number of benzene rings is 2. The van der Waals surface area contributed by atoms with Gasteiger partial charge in [0.25, 0.3) is 5.91 Å². The molecule has 4 aliphatic rings. The smallest absolute Gasteiger partial charge is 0.254 e. The van der Waals surface area contributed by atoms with Gasteiger partial charge in [-0.3, -0.25) is 28.7 Å². The Balaban J connectivity index is 0.713. The molecule has 3 aliphatic heterocycles. The molecular weight excluding hydrogens is 1030 g/mol. The number of amides is 5. The maximum absolute atomic E-state index is 14.9. The average molecular weight is 1110 g/mol. The van der Waals surface area contributed by atoms with Crippen molar-refractivity contribution < 1.29 is 52.0 Å². The zero-order chi connectivity index (χ0) is 57.1. The minimum atomic E-state index is -0.894. The predicted octanol–water partition coefficient (Wildman–Crippen LogP) is 3.53. The standard InChI is InChI=1S/C57H75FN12O10/c1-35(62-5)54(73)65-51(57(2,3)4)56(75)69-33-38-27-41(12-8-36(38)28-47(69)53(61)72)80-26-25-79-24-23-78-22-21-77-20-19-76-18-14-49(71)63-15-17-70-48(31-59)50-37-29-46(52(60)64-32-37)67-16-6-7-45(67)43-30-39(58)9-13-42(43)55(74)68(40-10-11-40)34-44(50)66-70/h8-9,12-13,27,29-30,32,35,40,45,47,51,62H,6-7,10-11,14-26,28,33-34H2,1-5H3,(H2,60,64)(H2,61,72)(H,63,71)(H,65,73)/t35-,45+,47-,51+/m0/s1. The fourth-order valence-electron chi connectivity index (χ4n) is 10.4. The molecule has 80 heavy (non-hydrogen) atoms. The van der Waals surface area contributed by atoms with E-state index in [1.54, 1.807) is 35.8 Å². The molecule has 0 spiro atoms. The number of hydrogen-bond acceptors (Lipinski definition) is 16. The van der Waals surface area contributed by atoms with Gasteiger partial charge in [0.1, 0.15) is 47.8 Å². The number of primary amides is 1. The summed E-state index contributed by atoms with van der Waals surface area (Å²) in [6.07, 6.45) is 5.13. The zero-order valence-corrected chi connectivity index (χ0v) is 46.4. The van der Waals surface area contributed by atoms with Gasteiger partial charge in [0.2, 0.25) is 23.6 Å². The van der Waals surface area contributed by atoms with Gasteiger partial charge in [0.15, 0.2) is 0 Å². The largest absolute Gasteiger partial charge is 0.491 e. The van der Waals surface area contributed by atoms with Crippen LogP contribution in [0.3, 0.4) is 0 Å². The number of nitrogens with zero attached hydrogens (tertiary/aromatic N) is 7. The molecule has 2 fully saturated rings. The number of carbonyl (C=O) groups excluding carboxylic acids is 5. The fourth-order valence-corrected chi connectivity index (χ4v) is 10.4. The number of nitrogens with two attached hydrogens (primary N) is 2. The van der Waals surface area contributed by atoms with Crippen LogP contribution in [-0.4, -0.2) is 158 Å². The fraction of sp³-hybridized carbons (Fsp3) is 0.544. The Kier molecular flexibility index (Phi) is 19.7. The number of anilines is 2. The second-order valence-electron chi connectivity index (χ2n) is 21.6. The SMILES string of the molecule is CN[C@@H](C)C(=O)N[C@H](C(=O)N1Cc2cc(OCCOCCOCCOCCOCCC(=O)NCCn3nc4c(c3C#N)-c3cnc(N)c(c3)N3CCC[C@@H]3c3cc(F)ccc3C(=O)N(C3CC3)C4)ccc2C[C@H]1C(N)=O)C(C)(C)C. The van der Waals surface area contributed by atoms with E-state index in [4.69, 9.17) is 40.3 Å². The molecule has 2 aromatic heterocycles. The summed E-state index contributed by atoms with van der Waals surface area (Å²) in [5.41, 5.74) is 17.0. The number of nitrogen functional groups attached to an aromatic ring is 1. The number of likely N-dealkylation sites (N-methyl/N-ethyl adjacent to an activating group) is 1. The van der Waals surface area contributed by atoms with Crippen LogP contribution in [0.4, 0.5) is 15.9 Å². The molecule has 0 unspecified atom stereocenters. The summed E-state index contributed by atoms with van der Waals surface area (Å²) in [4.78, 5) is 76.6. The van der Waals surface area contributed by atoms with Crippen LogP contribution < -0.4 is 37.1 Å². The summed E-state index contributed by atoms with van der Waals surface area (Å²) < 4.78 is 44.9. The normalized spacial score (nSPS) is 17.7. The lowest BCUT2D eigenvalue weighted by molar-refractivity contribution is -0.146. The van der Waals surface area contributed by atoms with Crippen molar-refractivity contribution in [3.63, 3.8) is 0 Å². The Morgan fingerprint density at radius 2 is 1.60 bits per heavy atom. The van der Waals surface area contributed by atoms with Crippen LogP contribution in [0.5, 0.6) is 5.75 Å². The van der Waals surface area contributed by atoms with Crippen molar-refractivity contribution in [2.45, 2.75) is 116 Å². The lowest BCUT2D eigenvalue weighted by Crippen LogP contribution is -2.61. The molecule has 2 bridgehead atoms. The van der Waals surface area contributed by atoms with E-state index in [9.17, 15) is 33.6 Å². The molecule has 7 N–H and O–H groups in total. The molecule has 4 aromatic rings. The number of aromatic nitrogens is 3. The predicted molar refractivity (Wildman–Crippen MR) is 293 cm³/mol. The van der Waals surface area contributed by atoms with Crippen LogP contribution in [-0.2, 0) is 64.2 Å². The maximum atomic E-state index is 14.9. The molecule has 1 saturated carbocycles. The van der Waals surface area contributed by atoms with Crippen molar-refractivity contribution in [2.24, 2.45) is 11.1 Å². The Morgan fingerprint density at radius 3 is 2.26 bits per heavy atom. The lowest BCUT2D eigenvalue weighted by Gasteiger charge is -2.40. The van der Waals surface area contributed by atoms with Gasteiger partial charge in [-0.1, -0.05) is 26.8 Å². The van der Waals surface area contributed by atoms with Gasteiger partial charge in [-0.25, -0.2) is 9.37 Å². The van der Waals surface area contributed by atoms with E-state index < -0.39 is 35.3 Å². The Hall–Kier alpha value is -7.23. The number of nitrogens with one attached hydrogen (secondary N) is 3. The number of halogens is 1. The van der Waals surface area contributed by atoms with Crippen LogP contribution in [0.1, 0.15) is 104 Å². The minimum absolute atomic E-state index is 0.0222. The van der Waals surface area contributed by atoms with E-state index in [2.05, 4.69) is 31.9 Å². The molecule has 1 saturated heterocycles. The quantitative estimate of drug-likeness (QED) is 0.0594. The van der Waals surface area contributed by atoms with Crippen molar-refractivity contribution >= 4 is 41.0 Å². The second kappa shape index (κ2) is 26.8. The molecule has 0 radical (unpaired) electrons. The van der Waals surface area contributed by atoms with Crippen LogP contribution in [0, 0.1) is 22.6 Å². The van der Waals surface area contributed by atoms with Gasteiger partial charge >= 0.3 is 0 Å². The highest BCUT2D eigenvalue weighted by molar-refractivity contribution is 5.97. The van der Waals surface area contributed by atoms with E-state index in [0.29, 0.717) is 92.0 Å². The van der Waals surface area contributed by atoms with Crippen molar-refractivity contribution in [1.29, 1.82) is 5.26 Å². The zero-order valence-electron chi connectivity index (χ0n) is 46.4. The summed E-state index contributed by atoms with van der Waals surface area (Å²) in [7, 11) is 1.66. The second-order valence-corrected chi connectivity index (χ2v) is 21.6. The first-order valence-electron chi connectivity index (χ1n) is 27.5. The molecule has 23 heteroatoms. The monoisotopic (exact) mass is 1110 g/mol. The molecule has 8 rings (SSSR count). The van der Waals surface area contributed by atoms with E-state index in [0.717, 1.165) is 30.4 Å². The number of pyridine rings is 1. The number of rotatable bonds is 25. The van der Waals surface area contributed by atoms with Gasteiger partial charge in [0, 0.05) is 61.4 Å². The Labute approximate surface area is 465 Å². The van der Waals surface area contributed by atoms with Crippen LogP contribution in [0.15, 0.2) is 48.7 Å². The molecule has 5 heterocycles. The van der Waals surface area contributed by atoms with Crippen molar-refractivity contribution in [3.05, 3.63) is 88.1 Å². The van der Waals surface area contributed by atoms with Crippen molar-refractivity contribution in [1.82, 2.24) is 40.5 Å². The molecule has 2 aromatic carbocycles. The van der Waals surface area contributed by atoms with Gasteiger partial charge in [-0.15, -0.1) is 0 Å². The number of carbonyl (C=O) groups is 5. The maximum Gasteiger partial charge on any atom is 0.254 e. The van der Waals surface area contributed by atoms with E-state index >= 15 is 0 Å². The summed E-state index contributed by atoms with van der Waals surface area (Å²) >= 11 is 0. The molecule has 430 valence electrons. The first kappa shape index (κ1) is 58.9. The third-order valence-corrected chi connectivity index (χ3v) is 14.9. The minimum Gasteiger partial charge on any atom is -0.491 e. The van der Waals surface area contributed by atoms with Crippen LogP contribution in [0.25, 0.3) is 11.1 Å². The van der Waals surface area contributed by atoms with E-state index in [1.807, 2.05) is 45.0 Å². The third kappa shape index (κ3) is 14.4. The highest BCUT2D eigenvalue weighted by Crippen LogP contribution is 2.44. The summed E-state index contributed by atoms with van der Waals surface area (Å²) in [6.45, 7) is 11.3. The Morgan fingerprint density at radius 1 is 0.900 bits per heavy atom. The molecule has 5 amide bonds. The Bertz CT molecular complexity index is 2920. The summed E-state index contributed by atoms with van der Waals surface area (Å²) in [6, 6.07) is 11.5. The number of nitriles is 1. The van der Waals surface area contributed by atoms with Crippen molar-refractivity contribution in [2.75, 3.05) is 90.2 Å². The van der Waals surface area contributed by atoms with E-state index in [1.165, 1.54) is 17.0 Å². The van der Waals surface area contributed by atoms with Crippen LogP contribution >= 0.6 is 0 Å². The number of fused-ring (bicyclic) bond motifs is 9. The first-order chi connectivity index (χ1) is 38.5. The number of hydrogen-bond donors (Lipinski definition) is 5. The molecule has 22 nitrogen and oxygen atoms in total. The van der Waals surface area contributed by atoms with Gasteiger partial charge in [0.05, 0.1) is 89.4 Å². The third-order valence-electron chi connectivity index (χ3n) is 14.9.